The maximum absolute atomic E-state index is 12.6. The molecule has 1 N–H and O–H groups in total. The van der Waals surface area contributed by atoms with Crippen molar-refractivity contribution in [3.63, 3.8) is 0 Å². The Labute approximate surface area is 130 Å². The normalized spacial score (nSPS) is 15.4. The monoisotopic (exact) mass is 311 g/mol. The topological polar surface area (TPSA) is 47.6 Å². The van der Waals surface area contributed by atoms with Crippen LogP contribution >= 0.6 is 11.6 Å². The summed E-state index contributed by atoms with van der Waals surface area (Å²) in [6.45, 7) is 7.23. The average molecular weight is 312 g/mol. The molecule has 1 aliphatic rings. The minimum atomic E-state index is -0.151. The van der Waals surface area contributed by atoms with Crippen molar-refractivity contribution in [1.82, 2.24) is 5.32 Å². The SMILES string of the molecule is CC(C)(C)C(CCCl)NC(=O)c1cccc2c1OCCO2. The first-order chi connectivity index (χ1) is 9.93. The lowest BCUT2D eigenvalue weighted by atomic mass is 9.85. The number of amides is 1. The third-order valence-electron chi connectivity index (χ3n) is 3.56. The molecule has 116 valence electrons. The molecule has 5 heteroatoms. The van der Waals surface area contributed by atoms with Crippen LogP contribution in [0.15, 0.2) is 18.2 Å². The quantitative estimate of drug-likeness (QED) is 0.868. The number of ether oxygens (including phenoxy) is 2. The maximum Gasteiger partial charge on any atom is 0.255 e. The molecule has 0 bridgehead atoms. The Balaban J connectivity index is 2.20. The van der Waals surface area contributed by atoms with Crippen molar-refractivity contribution < 1.29 is 14.3 Å². The third-order valence-corrected chi connectivity index (χ3v) is 3.78. The van der Waals surface area contributed by atoms with Gasteiger partial charge in [0.25, 0.3) is 5.91 Å². The molecule has 2 rings (SSSR count). The van der Waals surface area contributed by atoms with Gasteiger partial charge < -0.3 is 14.8 Å². The van der Waals surface area contributed by atoms with Crippen LogP contribution in [0.3, 0.4) is 0 Å². The van der Waals surface area contributed by atoms with E-state index in [2.05, 4.69) is 26.1 Å². The van der Waals surface area contributed by atoms with Gasteiger partial charge in [-0.15, -0.1) is 11.6 Å². The highest BCUT2D eigenvalue weighted by molar-refractivity contribution is 6.17. The Morgan fingerprint density at radius 3 is 2.71 bits per heavy atom. The van der Waals surface area contributed by atoms with Crippen LogP contribution in [0, 0.1) is 5.41 Å². The fourth-order valence-electron chi connectivity index (χ4n) is 2.32. The van der Waals surface area contributed by atoms with Crippen molar-refractivity contribution in [1.29, 1.82) is 0 Å². The molecular formula is C16H22ClNO3. The first-order valence-corrected chi connectivity index (χ1v) is 7.72. The zero-order chi connectivity index (χ0) is 15.5. The zero-order valence-electron chi connectivity index (χ0n) is 12.7. The molecule has 0 aliphatic carbocycles. The van der Waals surface area contributed by atoms with Gasteiger partial charge in [0.05, 0.1) is 5.56 Å². The summed E-state index contributed by atoms with van der Waals surface area (Å²) in [5.41, 5.74) is 0.451. The fourth-order valence-corrected chi connectivity index (χ4v) is 2.54. The molecule has 1 unspecified atom stereocenters. The van der Waals surface area contributed by atoms with Crippen LogP contribution in [0.1, 0.15) is 37.6 Å². The molecule has 21 heavy (non-hydrogen) atoms. The number of rotatable bonds is 4. The van der Waals surface area contributed by atoms with Gasteiger partial charge in [-0.05, 0) is 24.0 Å². The molecule has 1 atom stereocenters. The smallest absolute Gasteiger partial charge is 0.255 e. The number of benzene rings is 1. The van der Waals surface area contributed by atoms with E-state index < -0.39 is 0 Å². The molecule has 1 aliphatic heterocycles. The molecule has 1 aromatic carbocycles. The highest BCUT2D eigenvalue weighted by Gasteiger charge is 2.28. The van der Waals surface area contributed by atoms with Crippen LogP contribution in [0.2, 0.25) is 0 Å². The maximum atomic E-state index is 12.6. The Hall–Kier alpha value is -1.42. The fraction of sp³-hybridized carbons (Fsp3) is 0.562. The number of para-hydroxylation sites is 1. The summed E-state index contributed by atoms with van der Waals surface area (Å²) >= 11 is 5.85. The summed E-state index contributed by atoms with van der Waals surface area (Å²) in [5.74, 6) is 1.51. The molecule has 0 saturated heterocycles. The van der Waals surface area contributed by atoms with E-state index in [9.17, 15) is 4.79 Å². The molecule has 0 radical (unpaired) electrons. The Morgan fingerprint density at radius 2 is 2.05 bits per heavy atom. The Morgan fingerprint density at radius 1 is 1.33 bits per heavy atom. The Bertz CT molecular complexity index is 511. The summed E-state index contributed by atoms with van der Waals surface area (Å²) in [6, 6.07) is 5.37. The number of alkyl halides is 1. The molecule has 1 heterocycles. The number of halogens is 1. The van der Waals surface area contributed by atoms with Crippen molar-refractivity contribution in [3.8, 4) is 11.5 Å². The van der Waals surface area contributed by atoms with E-state index in [0.29, 0.717) is 36.2 Å². The Kier molecular flexibility index (Phi) is 4.99. The van der Waals surface area contributed by atoms with E-state index >= 15 is 0 Å². The predicted molar refractivity (Wildman–Crippen MR) is 83.5 cm³/mol. The number of carbonyl (C=O) groups excluding carboxylic acids is 1. The minimum Gasteiger partial charge on any atom is -0.486 e. The lowest BCUT2D eigenvalue weighted by molar-refractivity contribution is 0.0889. The van der Waals surface area contributed by atoms with Crippen LogP contribution in [0.4, 0.5) is 0 Å². The lowest BCUT2D eigenvalue weighted by Crippen LogP contribution is -2.44. The van der Waals surface area contributed by atoms with E-state index in [1.165, 1.54) is 0 Å². The number of fused-ring (bicyclic) bond motifs is 1. The van der Waals surface area contributed by atoms with Crippen molar-refractivity contribution in [2.24, 2.45) is 5.41 Å². The van der Waals surface area contributed by atoms with Gasteiger partial charge in [-0.3, -0.25) is 4.79 Å². The molecule has 1 aromatic rings. The molecule has 0 saturated carbocycles. The number of hydrogen-bond acceptors (Lipinski definition) is 3. The van der Waals surface area contributed by atoms with Gasteiger partial charge in [-0.2, -0.15) is 0 Å². The summed E-state index contributed by atoms with van der Waals surface area (Å²) < 4.78 is 11.1. The standard InChI is InChI=1S/C16H22ClNO3/c1-16(2,3)13(7-8-17)18-15(19)11-5-4-6-12-14(11)21-10-9-20-12/h4-6,13H,7-10H2,1-3H3,(H,18,19). The average Bonchev–Trinajstić information content (AvgIpc) is 2.45. The molecule has 0 spiro atoms. The van der Waals surface area contributed by atoms with Crippen LogP contribution in [-0.2, 0) is 0 Å². The number of carbonyl (C=O) groups is 1. The van der Waals surface area contributed by atoms with Gasteiger partial charge in [0.1, 0.15) is 13.2 Å². The van der Waals surface area contributed by atoms with E-state index in [0.717, 1.165) is 6.42 Å². The second-order valence-corrected chi connectivity index (χ2v) is 6.58. The minimum absolute atomic E-state index is 0.00265. The van der Waals surface area contributed by atoms with Crippen molar-refractivity contribution >= 4 is 17.5 Å². The highest BCUT2D eigenvalue weighted by Crippen LogP contribution is 2.34. The number of hydrogen-bond donors (Lipinski definition) is 1. The first-order valence-electron chi connectivity index (χ1n) is 7.19. The van der Waals surface area contributed by atoms with E-state index in [4.69, 9.17) is 21.1 Å². The zero-order valence-corrected chi connectivity index (χ0v) is 13.5. The lowest BCUT2D eigenvalue weighted by Gasteiger charge is -2.31. The van der Waals surface area contributed by atoms with Crippen LogP contribution in [0.25, 0.3) is 0 Å². The first kappa shape index (κ1) is 16.0. The van der Waals surface area contributed by atoms with Crippen molar-refractivity contribution in [2.45, 2.75) is 33.2 Å². The van der Waals surface area contributed by atoms with Gasteiger partial charge in [0.2, 0.25) is 0 Å². The predicted octanol–water partition coefficient (Wildman–Crippen LogP) is 3.23. The van der Waals surface area contributed by atoms with Gasteiger partial charge in [0.15, 0.2) is 11.5 Å². The highest BCUT2D eigenvalue weighted by atomic mass is 35.5. The van der Waals surface area contributed by atoms with Crippen molar-refractivity contribution in [3.05, 3.63) is 23.8 Å². The van der Waals surface area contributed by atoms with E-state index in [-0.39, 0.29) is 17.4 Å². The van der Waals surface area contributed by atoms with Crippen LogP contribution in [0.5, 0.6) is 11.5 Å². The van der Waals surface area contributed by atoms with E-state index in [1.54, 1.807) is 12.1 Å². The molecule has 0 aromatic heterocycles. The van der Waals surface area contributed by atoms with Gasteiger partial charge >= 0.3 is 0 Å². The third kappa shape index (κ3) is 3.82. The van der Waals surface area contributed by atoms with Crippen LogP contribution in [-0.4, -0.2) is 31.0 Å². The van der Waals surface area contributed by atoms with Crippen LogP contribution < -0.4 is 14.8 Å². The van der Waals surface area contributed by atoms with Gasteiger partial charge in [-0.25, -0.2) is 0 Å². The largest absolute Gasteiger partial charge is 0.486 e. The summed E-state index contributed by atoms with van der Waals surface area (Å²) in [6.07, 6.45) is 0.725. The summed E-state index contributed by atoms with van der Waals surface area (Å²) in [7, 11) is 0. The molecular weight excluding hydrogens is 290 g/mol. The molecule has 4 nitrogen and oxygen atoms in total. The van der Waals surface area contributed by atoms with Gasteiger partial charge in [-0.1, -0.05) is 26.8 Å². The van der Waals surface area contributed by atoms with Gasteiger partial charge in [0, 0.05) is 11.9 Å². The second-order valence-electron chi connectivity index (χ2n) is 6.20. The molecule has 1 amide bonds. The second kappa shape index (κ2) is 6.56. The summed E-state index contributed by atoms with van der Waals surface area (Å²) in [5, 5.41) is 3.07. The summed E-state index contributed by atoms with van der Waals surface area (Å²) in [4.78, 5) is 12.6. The molecule has 0 fully saturated rings. The number of nitrogens with one attached hydrogen (secondary N) is 1. The van der Waals surface area contributed by atoms with E-state index in [1.807, 2.05) is 6.07 Å². The van der Waals surface area contributed by atoms with Crippen molar-refractivity contribution in [2.75, 3.05) is 19.1 Å².